The zero-order valence-corrected chi connectivity index (χ0v) is 43.5. The van der Waals surface area contributed by atoms with Crippen molar-refractivity contribution in [1.29, 1.82) is 0 Å². The van der Waals surface area contributed by atoms with Crippen molar-refractivity contribution in [2.75, 3.05) is 24.0 Å². The summed E-state index contributed by atoms with van der Waals surface area (Å²) in [6.07, 6.45) is 1.82. The van der Waals surface area contributed by atoms with Gasteiger partial charge in [0.05, 0.1) is 36.6 Å². The van der Waals surface area contributed by atoms with Crippen molar-refractivity contribution in [1.82, 2.24) is 9.97 Å². The molecule has 0 saturated heterocycles. The number of benzene rings is 10. The standard InChI is InChI=1S/C70H56N4O4/c1-77-67(75)46-22-49-18-33-59(34-19-49)73(61-37-24-54(25-38-61)51-12-6-3-7-13-51)63-41-28-56(29-42-63)69-70(72-66-48-58(32-45-65(66)71-69)53-16-10-5-11-17-53)57-30-43-64(44-31-57)74(60-35-20-50(21-36-60)23-47-68(76)78-2)62-39-26-55(27-40-62)52-14-8-4-9-15-52/h3-21,24-45,48H,22-23,46-47H2,1-2H3. The highest BCUT2D eigenvalue weighted by Gasteiger charge is 2.20. The number of hydrogen-bond acceptors (Lipinski definition) is 8. The molecule has 0 spiro atoms. The Morgan fingerprint density at radius 3 is 0.949 bits per heavy atom. The fraction of sp³-hybridized carbons (Fsp3) is 0.0857. The van der Waals surface area contributed by atoms with E-state index in [0.29, 0.717) is 25.7 Å². The third kappa shape index (κ3) is 11.3. The maximum Gasteiger partial charge on any atom is 0.305 e. The number of esters is 2. The van der Waals surface area contributed by atoms with Crippen LogP contribution < -0.4 is 9.80 Å². The van der Waals surface area contributed by atoms with E-state index in [9.17, 15) is 9.59 Å². The molecule has 1 heterocycles. The van der Waals surface area contributed by atoms with Gasteiger partial charge in [-0.2, -0.15) is 0 Å². The zero-order chi connectivity index (χ0) is 53.2. The smallest absolute Gasteiger partial charge is 0.305 e. The lowest BCUT2D eigenvalue weighted by molar-refractivity contribution is -0.141. The molecule has 0 aliphatic heterocycles. The lowest BCUT2D eigenvalue weighted by atomic mass is 10.0. The number of rotatable bonds is 17. The number of fused-ring (bicyclic) bond motifs is 1. The molecule has 0 bridgehead atoms. The molecule has 0 fully saturated rings. The molecular formula is C70H56N4O4. The number of hydrogen-bond donors (Lipinski definition) is 0. The van der Waals surface area contributed by atoms with Gasteiger partial charge in [-0.15, -0.1) is 0 Å². The molecule has 0 amide bonds. The number of aryl methyl sites for hydroxylation is 2. The highest BCUT2D eigenvalue weighted by atomic mass is 16.5. The van der Waals surface area contributed by atoms with Crippen LogP contribution in [-0.2, 0) is 31.9 Å². The van der Waals surface area contributed by atoms with Gasteiger partial charge < -0.3 is 19.3 Å². The maximum absolute atomic E-state index is 12.0. The largest absolute Gasteiger partial charge is 0.469 e. The number of anilines is 6. The Kier molecular flexibility index (Phi) is 15.0. The van der Waals surface area contributed by atoms with Gasteiger partial charge in [0.25, 0.3) is 0 Å². The lowest BCUT2D eigenvalue weighted by Gasteiger charge is -2.26. The molecule has 0 atom stereocenters. The van der Waals surface area contributed by atoms with Crippen molar-refractivity contribution >= 4 is 57.1 Å². The van der Waals surface area contributed by atoms with Gasteiger partial charge in [-0.25, -0.2) is 9.97 Å². The second-order valence-corrected chi connectivity index (χ2v) is 19.1. The topological polar surface area (TPSA) is 84.9 Å². The van der Waals surface area contributed by atoms with Gasteiger partial charge in [-0.3, -0.25) is 9.59 Å². The van der Waals surface area contributed by atoms with Crippen molar-refractivity contribution in [3.8, 4) is 55.9 Å². The molecule has 0 N–H and O–H groups in total. The molecule has 11 aromatic rings. The Hall–Kier alpha value is -9.92. The molecule has 0 aliphatic carbocycles. The third-order valence-electron chi connectivity index (χ3n) is 14.1. The van der Waals surface area contributed by atoms with Crippen molar-refractivity contribution in [2.24, 2.45) is 0 Å². The molecular weight excluding hydrogens is 961 g/mol. The number of nitrogens with zero attached hydrogens (tertiary/aromatic N) is 4. The second-order valence-electron chi connectivity index (χ2n) is 19.1. The zero-order valence-electron chi connectivity index (χ0n) is 43.5. The van der Waals surface area contributed by atoms with Crippen LogP contribution in [0.15, 0.2) is 255 Å². The number of carbonyl (C=O) groups is 2. The summed E-state index contributed by atoms with van der Waals surface area (Å²) in [4.78, 5) is 39.4. The van der Waals surface area contributed by atoms with E-state index in [1.807, 2.05) is 18.2 Å². The molecule has 1 aromatic heterocycles. The lowest BCUT2D eigenvalue weighted by Crippen LogP contribution is -2.10. The van der Waals surface area contributed by atoms with E-state index in [4.69, 9.17) is 19.4 Å². The second kappa shape index (κ2) is 23.3. The van der Waals surface area contributed by atoms with E-state index in [2.05, 4.69) is 246 Å². The van der Waals surface area contributed by atoms with Crippen LogP contribution in [-0.4, -0.2) is 36.1 Å². The summed E-state index contributed by atoms with van der Waals surface area (Å²) in [5, 5.41) is 0. The fourth-order valence-electron chi connectivity index (χ4n) is 9.89. The third-order valence-corrected chi connectivity index (χ3v) is 14.1. The maximum atomic E-state index is 12.0. The quantitative estimate of drug-likeness (QED) is 0.0834. The first-order chi connectivity index (χ1) is 38.4. The monoisotopic (exact) mass is 1020 g/mol. The van der Waals surface area contributed by atoms with Crippen LogP contribution >= 0.6 is 0 Å². The van der Waals surface area contributed by atoms with Gasteiger partial charge in [-0.1, -0.05) is 170 Å². The summed E-state index contributed by atoms with van der Waals surface area (Å²) >= 11 is 0. The van der Waals surface area contributed by atoms with Crippen molar-refractivity contribution < 1.29 is 19.1 Å². The molecule has 78 heavy (non-hydrogen) atoms. The van der Waals surface area contributed by atoms with Crippen LogP contribution in [0.2, 0.25) is 0 Å². The Labute approximate surface area is 455 Å². The van der Waals surface area contributed by atoms with Crippen LogP contribution in [0, 0.1) is 0 Å². The van der Waals surface area contributed by atoms with Gasteiger partial charge >= 0.3 is 11.9 Å². The first kappa shape index (κ1) is 50.2. The number of aromatic nitrogens is 2. The molecule has 0 saturated carbocycles. The van der Waals surface area contributed by atoms with Crippen LogP contribution in [0.1, 0.15) is 24.0 Å². The van der Waals surface area contributed by atoms with Gasteiger partial charge in [0, 0.05) is 58.1 Å². The van der Waals surface area contributed by atoms with E-state index in [1.165, 1.54) is 14.2 Å². The fourth-order valence-corrected chi connectivity index (χ4v) is 9.89. The molecule has 0 radical (unpaired) electrons. The highest BCUT2D eigenvalue weighted by molar-refractivity contribution is 5.90. The van der Waals surface area contributed by atoms with E-state index in [1.54, 1.807) is 0 Å². The van der Waals surface area contributed by atoms with Gasteiger partial charge in [0.15, 0.2) is 0 Å². The van der Waals surface area contributed by atoms with Gasteiger partial charge in [0.2, 0.25) is 0 Å². The molecule has 0 unspecified atom stereocenters. The Morgan fingerprint density at radius 1 is 0.321 bits per heavy atom. The van der Waals surface area contributed by atoms with E-state index >= 15 is 0 Å². The number of carbonyl (C=O) groups excluding carboxylic acids is 2. The van der Waals surface area contributed by atoms with Crippen molar-refractivity contribution in [3.05, 3.63) is 266 Å². The minimum absolute atomic E-state index is 0.228. The predicted octanol–water partition coefficient (Wildman–Crippen LogP) is 17.1. The molecule has 8 nitrogen and oxygen atoms in total. The Bertz CT molecular complexity index is 3800. The highest BCUT2D eigenvalue weighted by Crippen LogP contribution is 2.41. The normalized spacial score (nSPS) is 11.0. The molecule has 11 rings (SSSR count). The van der Waals surface area contributed by atoms with E-state index < -0.39 is 0 Å². The minimum atomic E-state index is -0.229. The summed E-state index contributed by atoms with van der Waals surface area (Å²) in [6, 6.07) is 88.6. The predicted molar refractivity (Wildman–Crippen MR) is 317 cm³/mol. The summed E-state index contributed by atoms with van der Waals surface area (Å²) in [5.74, 6) is -0.457. The number of ether oxygens (including phenoxy) is 2. The van der Waals surface area contributed by atoms with Crippen LogP contribution in [0.3, 0.4) is 0 Å². The van der Waals surface area contributed by atoms with E-state index in [-0.39, 0.29) is 11.9 Å². The van der Waals surface area contributed by atoms with E-state index in [0.717, 1.165) is 112 Å². The Balaban J connectivity index is 0.978. The summed E-state index contributed by atoms with van der Waals surface area (Å²) < 4.78 is 9.83. The van der Waals surface area contributed by atoms with Gasteiger partial charge in [-0.05, 0) is 142 Å². The molecule has 8 heteroatoms. The average molecular weight is 1020 g/mol. The van der Waals surface area contributed by atoms with Crippen LogP contribution in [0.4, 0.5) is 34.1 Å². The molecule has 380 valence electrons. The molecule has 0 aliphatic rings. The summed E-state index contributed by atoms with van der Waals surface area (Å²) in [6.45, 7) is 0. The van der Waals surface area contributed by atoms with Crippen molar-refractivity contribution in [3.63, 3.8) is 0 Å². The van der Waals surface area contributed by atoms with Crippen LogP contribution in [0.5, 0.6) is 0 Å². The Morgan fingerprint density at radius 2 is 0.603 bits per heavy atom. The summed E-state index contributed by atoms with van der Waals surface area (Å²) in [7, 11) is 2.85. The van der Waals surface area contributed by atoms with Crippen LogP contribution in [0.25, 0.3) is 66.9 Å². The first-order valence-corrected chi connectivity index (χ1v) is 26.2. The summed E-state index contributed by atoms with van der Waals surface area (Å²) in [5.41, 5.74) is 19.7. The van der Waals surface area contributed by atoms with Crippen molar-refractivity contribution in [2.45, 2.75) is 25.7 Å². The first-order valence-electron chi connectivity index (χ1n) is 26.2. The SMILES string of the molecule is COC(=O)CCc1ccc(N(c2ccc(-c3ccccc3)cc2)c2ccc(-c3nc4ccc(-c5ccccc5)cc4nc3-c3ccc(N(c4ccc(CCC(=O)OC)cc4)c4ccc(-c5ccccc5)cc4)cc3)cc2)cc1. The average Bonchev–Trinajstić information content (AvgIpc) is 3.64. The number of methoxy groups -OCH3 is 2. The minimum Gasteiger partial charge on any atom is -0.469 e. The molecule has 10 aromatic carbocycles. The van der Waals surface area contributed by atoms with Gasteiger partial charge in [0.1, 0.15) is 0 Å².